The van der Waals surface area contributed by atoms with Crippen LogP contribution in [-0.4, -0.2) is 0 Å². The summed E-state index contributed by atoms with van der Waals surface area (Å²) in [5.41, 5.74) is 18.9. The van der Waals surface area contributed by atoms with Crippen molar-refractivity contribution in [2.24, 2.45) is 0 Å². The molecule has 0 bridgehead atoms. The van der Waals surface area contributed by atoms with E-state index in [4.69, 9.17) is 0 Å². The van der Waals surface area contributed by atoms with Gasteiger partial charge in [0.1, 0.15) is 0 Å². The fourth-order valence-corrected chi connectivity index (χ4v) is 9.61. The largest absolute Gasteiger partial charge is 0.309 e. The van der Waals surface area contributed by atoms with Gasteiger partial charge < -0.3 is 4.90 Å². The number of para-hydroxylation sites is 1. The van der Waals surface area contributed by atoms with Crippen LogP contribution in [0.4, 0.5) is 17.1 Å². The maximum absolute atomic E-state index is 2.61. The average Bonchev–Trinajstić information content (AvgIpc) is 3.59. The smallest absolute Gasteiger partial charge is 0.0550 e. The summed E-state index contributed by atoms with van der Waals surface area (Å²) in [7, 11) is 0. The van der Waals surface area contributed by atoms with Crippen LogP contribution in [0.15, 0.2) is 176 Å². The van der Waals surface area contributed by atoms with E-state index >= 15 is 0 Å². The van der Waals surface area contributed by atoms with Crippen LogP contribution in [0.1, 0.15) is 49.9 Å². The first-order valence-corrected chi connectivity index (χ1v) is 18.8. The minimum atomic E-state index is -0.181. The molecule has 0 aromatic heterocycles. The number of hydrogen-bond acceptors (Lipinski definition) is 1. The number of nitrogens with zero attached hydrogens (tertiary/aromatic N) is 1. The van der Waals surface area contributed by atoms with Gasteiger partial charge in [-0.1, -0.05) is 185 Å². The molecule has 8 aromatic carbocycles. The fraction of sp³-hybridized carbons (Fsp3) is 0.115. The molecule has 0 aliphatic heterocycles. The summed E-state index contributed by atoms with van der Waals surface area (Å²) in [5, 5.41) is 2.57. The van der Waals surface area contributed by atoms with Crippen molar-refractivity contribution >= 4 is 27.8 Å². The lowest BCUT2D eigenvalue weighted by Crippen LogP contribution is -2.18. The Bertz CT molecular complexity index is 2730. The summed E-state index contributed by atoms with van der Waals surface area (Å²) in [4.78, 5) is 2.61. The summed E-state index contributed by atoms with van der Waals surface area (Å²) in [6, 6.07) is 65.2. The second-order valence-electron chi connectivity index (χ2n) is 15.7. The van der Waals surface area contributed by atoms with Crippen molar-refractivity contribution in [1.82, 2.24) is 0 Å². The van der Waals surface area contributed by atoms with Gasteiger partial charge in [-0.25, -0.2) is 0 Å². The van der Waals surface area contributed by atoms with Crippen molar-refractivity contribution in [3.8, 4) is 44.5 Å². The van der Waals surface area contributed by atoms with Crippen molar-refractivity contribution in [3.63, 3.8) is 0 Å². The second kappa shape index (κ2) is 11.7. The molecule has 53 heavy (non-hydrogen) atoms. The molecule has 1 heteroatoms. The van der Waals surface area contributed by atoms with Crippen molar-refractivity contribution in [2.45, 2.75) is 38.5 Å². The predicted octanol–water partition coefficient (Wildman–Crippen LogP) is 14.3. The van der Waals surface area contributed by atoms with Crippen molar-refractivity contribution < 1.29 is 0 Å². The van der Waals surface area contributed by atoms with Crippen molar-refractivity contribution in [1.29, 1.82) is 0 Å². The van der Waals surface area contributed by atoms with Crippen molar-refractivity contribution in [2.75, 3.05) is 4.90 Å². The molecule has 2 aliphatic rings. The van der Waals surface area contributed by atoms with E-state index in [9.17, 15) is 0 Å². The van der Waals surface area contributed by atoms with Crippen LogP contribution < -0.4 is 4.90 Å². The number of rotatable bonds is 5. The van der Waals surface area contributed by atoms with Gasteiger partial charge in [-0.05, 0) is 79.0 Å². The third kappa shape index (κ3) is 4.57. The van der Waals surface area contributed by atoms with Gasteiger partial charge in [0.2, 0.25) is 0 Å². The highest BCUT2D eigenvalue weighted by Gasteiger charge is 2.42. The molecule has 0 spiro atoms. The maximum atomic E-state index is 2.61. The summed E-state index contributed by atoms with van der Waals surface area (Å²) < 4.78 is 0. The van der Waals surface area contributed by atoms with Crippen LogP contribution in [0.2, 0.25) is 0 Å². The molecule has 8 aromatic rings. The first-order valence-electron chi connectivity index (χ1n) is 18.8. The average molecular weight is 680 g/mol. The molecule has 0 fully saturated rings. The Kier molecular flexibility index (Phi) is 6.94. The summed E-state index contributed by atoms with van der Waals surface area (Å²) in [6.07, 6.45) is 0. The molecule has 0 heterocycles. The zero-order valence-corrected chi connectivity index (χ0v) is 30.7. The Balaban J connectivity index is 1.36. The van der Waals surface area contributed by atoms with Crippen LogP contribution >= 0.6 is 0 Å². The normalized spacial score (nSPS) is 14.3. The predicted molar refractivity (Wildman–Crippen MR) is 225 cm³/mol. The SMILES string of the molecule is CC1(C)c2ccccc2-c2c(N(c3ccccc3-c3ccccc3-c3ccccc3)c3cc4ccccc4c4c3-c3ccccc3C4(C)C)cccc21. The molecule has 0 N–H and O–H groups in total. The van der Waals surface area contributed by atoms with E-state index < -0.39 is 0 Å². The molecule has 2 aliphatic carbocycles. The third-order valence-electron chi connectivity index (χ3n) is 12.0. The molecule has 1 nitrogen and oxygen atoms in total. The number of fused-ring (bicyclic) bond motifs is 8. The molecular weight excluding hydrogens is 639 g/mol. The lowest BCUT2D eigenvalue weighted by Gasteiger charge is -2.33. The fourth-order valence-electron chi connectivity index (χ4n) is 9.61. The summed E-state index contributed by atoms with van der Waals surface area (Å²) in [6.45, 7) is 9.56. The van der Waals surface area contributed by atoms with Gasteiger partial charge in [0.15, 0.2) is 0 Å². The second-order valence-corrected chi connectivity index (χ2v) is 15.7. The van der Waals surface area contributed by atoms with Crippen LogP contribution in [0, 0.1) is 0 Å². The van der Waals surface area contributed by atoms with Gasteiger partial charge in [-0.2, -0.15) is 0 Å². The molecular formula is C52H41N. The van der Waals surface area contributed by atoms with E-state index in [2.05, 4.69) is 209 Å². The zero-order chi connectivity index (χ0) is 35.9. The van der Waals surface area contributed by atoms with E-state index in [1.54, 1.807) is 0 Å². The number of benzene rings is 8. The highest BCUT2D eigenvalue weighted by molar-refractivity contribution is 6.09. The maximum Gasteiger partial charge on any atom is 0.0550 e. The Labute approximate surface area is 312 Å². The van der Waals surface area contributed by atoms with E-state index in [1.165, 1.54) is 88.9 Å². The van der Waals surface area contributed by atoms with Crippen LogP contribution in [-0.2, 0) is 10.8 Å². The molecule has 0 amide bonds. The quantitative estimate of drug-likeness (QED) is 0.175. The molecule has 0 unspecified atom stereocenters. The number of anilines is 3. The van der Waals surface area contributed by atoms with Gasteiger partial charge in [0, 0.05) is 27.5 Å². The van der Waals surface area contributed by atoms with Crippen LogP contribution in [0.5, 0.6) is 0 Å². The molecule has 0 radical (unpaired) electrons. The van der Waals surface area contributed by atoms with Gasteiger partial charge in [-0.3, -0.25) is 0 Å². The van der Waals surface area contributed by atoms with Gasteiger partial charge in [0.25, 0.3) is 0 Å². The van der Waals surface area contributed by atoms with E-state index in [-0.39, 0.29) is 10.8 Å². The minimum absolute atomic E-state index is 0.132. The molecule has 0 atom stereocenters. The molecule has 0 saturated heterocycles. The van der Waals surface area contributed by atoms with E-state index in [0.717, 1.165) is 5.69 Å². The molecule has 0 saturated carbocycles. The minimum Gasteiger partial charge on any atom is -0.309 e. The molecule has 10 rings (SSSR count). The highest BCUT2D eigenvalue weighted by Crippen LogP contribution is 2.60. The first kappa shape index (κ1) is 31.5. The van der Waals surface area contributed by atoms with Gasteiger partial charge in [0.05, 0.1) is 17.1 Å². The van der Waals surface area contributed by atoms with E-state index in [0.29, 0.717) is 0 Å². The Morgan fingerprint density at radius 2 is 0.887 bits per heavy atom. The summed E-state index contributed by atoms with van der Waals surface area (Å²) in [5.74, 6) is 0. The Hall–Kier alpha value is -6.18. The van der Waals surface area contributed by atoms with Gasteiger partial charge >= 0.3 is 0 Å². The number of hydrogen-bond donors (Lipinski definition) is 0. The monoisotopic (exact) mass is 679 g/mol. The van der Waals surface area contributed by atoms with Gasteiger partial charge in [-0.15, -0.1) is 0 Å². The zero-order valence-electron chi connectivity index (χ0n) is 30.7. The summed E-state index contributed by atoms with van der Waals surface area (Å²) >= 11 is 0. The van der Waals surface area contributed by atoms with Crippen LogP contribution in [0.3, 0.4) is 0 Å². The lowest BCUT2D eigenvalue weighted by atomic mass is 9.80. The van der Waals surface area contributed by atoms with E-state index in [1.807, 2.05) is 0 Å². The molecule has 254 valence electrons. The highest BCUT2D eigenvalue weighted by atomic mass is 15.2. The Morgan fingerprint density at radius 1 is 0.358 bits per heavy atom. The third-order valence-corrected chi connectivity index (χ3v) is 12.0. The topological polar surface area (TPSA) is 3.24 Å². The standard InChI is InChI=1S/C52H41N/c1-51(2)42-28-15-12-26-40(42)48-44(51)30-18-32-46(48)53(45-31-17-14-25-39(45)38-24-11-10-22-36(38)34-19-6-5-7-20-34)47-33-35-21-8-9-23-37(35)50-49(47)41-27-13-16-29-43(41)52(50,3)4/h5-33H,1-4H3. The first-order chi connectivity index (χ1) is 25.9. The van der Waals surface area contributed by atoms with Crippen LogP contribution in [0.25, 0.3) is 55.3 Å². The van der Waals surface area contributed by atoms with Crippen molar-refractivity contribution in [3.05, 3.63) is 198 Å². The lowest BCUT2D eigenvalue weighted by molar-refractivity contribution is 0.660. The Morgan fingerprint density at radius 3 is 1.64 bits per heavy atom.